The number of carbonyl (C=O) groups excluding carboxylic acids is 2. The molecule has 36 heavy (non-hydrogen) atoms. The van der Waals surface area contributed by atoms with E-state index in [1.165, 1.54) is 24.3 Å². The molecule has 1 N–H and O–H groups in total. The Hall–Kier alpha value is -2.91. The Kier molecular flexibility index (Phi) is 9.89. The molecule has 0 atom stereocenters. The number of benzene rings is 3. The standard InChI is InChI=1S/C26H26Cl2N2O5S/c1-2-3-15-35-26(32)20-10-12-21(13-11-20)29-25(31)18-30(17-19-9-14-23(27)24(28)16-19)36(33,34)22-7-5-4-6-8-22/h4-14,16H,2-3,15,17-18H2,1H3,(H,29,31). The average Bonchev–Trinajstić information content (AvgIpc) is 2.87. The molecule has 0 spiro atoms. The van der Waals surface area contributed by atoms with Gasteiger partial charge in [0.25, 0.3) is 0 Å². The Labute approximate surface area is 221 Å². The molecule has 0 aromatic heterocycles. The number of halogens is 2. The van der Waals surface area contributed by atoms with Crippen molar-refractivity contribution in [3.8, 4) is 0 Å². The predicted octanol–water partition coefficient (Wildman–Crippen LogP) is 5.78. The molecule has 0 saturated carbocycles. The quantitative estimate of drug-likeness (QED) is 0.242. The van der Waals surface area contributed by atoms with E-state index < -0.39 is 28.4 Å². The van der Waals surface area contributed by atoms with Gasteiger partial charge in [0.05, 0.1) is 33.7 Å². The highest BCUT2D eigenvalue weighted by atomic mass is 35.5. The van der Waals surface area contributed by atoms with Crippen LogP contribution in [0.25, 0.3) is 0 Å². The molecule has 0 aliphatic heterocycles. The van der Waals surface area contributed by atoms with Gasteiger partial charge < -0.3 is 10.1 Å². The van der Waals surface area contributed by atoms with Gasteiger partial charge >= 0.3 is 5.97 Å². The number of ether oxygens (including phenoxy) is 1. The zero-order chi connectivity index (χ0) is 26.1. The lowest BCUT2D eigenvalue weighted by Crippen LogP contribution is -2.37. The van der Waals surface area contributed by atoms with Gasteiger partial charge in [-0.2, -0.15) is 4.31 Å². The maximum atomic E-state index is 13.3. The lowest BCUT2D eigenvalue weighted by Gasteiger charge is -2.22. The van der Waals surface area contributed by atoms with Crippen molar-refractivity contribution in [1.82, 2.24) is 4.31 Å². The summed E-state index contributed by atoms with van der Waals surface area (Å²) < 4.78 is 32.9. The van der Waals surface area contributed by atoms with Gasteiger partial charge in [0, 0.05) is 12.2 Å². The summed E-state index contributed by atoms with van der Waals surface area (Å²) in [5.41, 5.74) is 1.34. The first-order valence-corrected chi connectivity index (χ1v) is 13.5. The number of nitrogens with zero attached hydrogens (tertiary/aromatic N) is 1. The van der Waals surface area contributed by atoms with Crippen LogP contribution in [0.3, 0.4) is 0 Å². The molecule has 0 saturated heterocycles. The van der Waals surface area contributed by atoms with Crippen molar-refractivity contribution in [2.75, 3.05) is 18.5 Å². The van der Waals surface area contributed by atoms with Gasteiger partial charge in [0.2, 0.25) is 15.9 Å². The second-order valence-electron chi connectivity index (χ2n) is 7.95. The molecule has 0 heterocycles. The van der Waals surface area contributed by atoms with E-state index in [-0.39, 0.29) is 16.5 Å². The van der Waals surface area contributed by atoms with Gasteiger partial charge in [-0.25, -0.2) is 13.2 Å². The Balaban J connectivity index is 1.75. The summed E-state index contributed by atoms with van der Waals surface area (Å²) >= 11 is 12.1. The van der Waals surface area contributed by atoms with Crippen LogP contribution in [0.1, 0.15) is 35.7 Å². The van der Waals surface area contributed by atoms with E-state index in [0.29, 0.717) is 28.4 Å². The van der Waals surface area contributed by atoms with Gasteiger partial charge in [0.15, 0.2) is 0 Å². The number of hydrogen-bond donors (Lipinski definition) is 1. The van der Waals surface area contributed by atoms with E-state index in [4.69, 9.17) is 27.9 Å². The molecule has 10 heteroatoms. The molecule has 0 fully saturated rings. The highest BCUT2D eigenvalue weighted by molar-refractivity contribution is 7.89. The van der Waals surface area contributed by atoms with Crippen molar-refractivity contribution in [3.63, 3.8) is 0 Å². The highest BCUT2D eigenvalue weighted by Gasteiger charge is 2.27. The number of unbranched alkanes of at least 4 members (excludes halogenated alkanes) is 1. The van der Waals surface area contributed by atoms with E-state index >= 15 is 0 Å². The van der Waals surface area contributed by atoms with E-state index in [9.17, 15) is 18.0 Å². The topological polar surface area (TPSA) is 92.8 Å². The normalized spacial score (nSPS) is 11.3. The fourth-order valence-corrected chi connectivity index (χ4v) is 4.98. The Bertz CT molecular complexity index is 1300. The zero-order valence-electron chi connectivity index (χ0n) is 19.6. The van der Waals surface area contributed by atoms with Crippen LogP contribution >= 0.6 is 23.2 Å². The summed E-state index contributed by atoms with van der Waals surface area (Å²) in [5, 5.41) is 3.30. The fourth-order valence-electron chi connectivity index (χ4n) is 3.25. The van der Waals surface area contributed by atoms with Crippen LogP contribution in [-0.4, -0.2) is 37.8 Å². The van der Waals surface area contributed by atoms with Gasteiger partial charge in [-0.05, 0) is 60.5 Å². The number of hydrogen-bond acceptors (Lipinski definition) is 5. The smallest absolute Gasteiger partial charge is 0.338 e. The molecule has 0 aliphatic rings. The number of amides is 1. The Morgan fingerprint density at radius 2 is 1.64 bits per heavy atom. The van der Waals surface area contributed by atoms with Gasteiger partial charge in [0.1, 0.15) is 0 Å². The van der Waals surface area contributed by atoms with E-state index in [1.54, 1.807) is 48.5 Å². The van der Waals surface area contributed by atoms with Crippen molar-refractivity contribution >= 4 is 50.8 Å². The van der Waals surface area contributed by atoms with Crippen molar-refractivity contribution < 1.29 is 22.7 Å². The first-order chi connectivity index (χ1) is 17.2. The summed E-state index contributed by atoms with van der Waals surface area (Å²) in [6.45, 7) is 1.81. The minimum atomic E-state index is -4.00. The molecule has 0 radical (unpaired) electrons. The molecule has 0 unspecified atom stereocenters. The second kappa shape index (κ2) is 12.9. The lowest BCUT2D eigenvalue weighted by atomic mass is 10.2. The molecule has 1 amide bonds. The van der Waals surface area contributed by atoms with Crippen LogP contribution in [0.4, 0.5) is 5.69 Å². The van der Waals surface area contributed by atoms with Crippen molar-refractivity contribution in [1.29, 1.82) is 0 Å². The maximum Gasteiger partial charge on any atom is 0.338 e. The van der Waals surface area contributed by atoms with E-state index in [0.717, 1.165) is 17.1 Å². The highest BCUT2D eigenvalue weighted by Crippen LogP contribution is 2.25. The Morgan fingerprint density at radius 1 is 0.944 bits per heavy atom. The largest absolute Gasteiger partial charge is 0.462 e. The minimum Gasteiger partial charge on any atom is -0.462 e. The number of rotatable bonds is 11. The molecule has 0 bridgehead atoms. The SMILES string of the molecule is CCCCOC(=O)c1ccc(NC(=O)CN(Cc2ccc(Cl)c(Cl)c2)S(=O)(=O)c2ccccc2)cc1. The van der Waals surface area contributed by atoms with Crippen LogP contribution in [0.2, 0.25) is 10.0 Å². The van der Waals surface area contributed by atoms with Crippen LogP contribution in [0.15, 0.2) is 77.7 Å². The third kappa shape index (κ3) is 7.54. The maximum absolute atomic E-state index is 13.3. The van der Waals surface area contributed by atoms with Crippen LogP contribution in [0.5, 0.6) is 0 Å². The number of sulfonamides is 1. The summed E-state index contributed by atoms with van der Waals surface area (Å²) in [4.78, 5) is 25.0. The van der Waals surface area contributed by atoms with Crippen molar-refractivity contribution in [3.05, 3.63) is 94.0 Å². The summed E-state index contributed by atoms with van der Waals surface area (Å²) in [6, 6.07) is 18.8. The number of carbonyl (C=O) groups is 2. The third-order valence-corrected chi connectivity index (χ3v) is 7.72. The molecular weight excluding hydrogens is 523 g/mol. The average molecular weight is 549 g/mol. The van der Waals surface area contributed by atoms with Gasteiger partial charge in [-0.1, -0.05) is 60.8 Å². The van der Waals surface area contributed by atoms with Gasteiger partial charge in [-0.3, -0.25) is 4.79 Å². The van der Waals surface area contributed by atoms with Crippen molar-refractivity contribution in [2.45, 2.75) is 31.2 Å². The molecule has 7 nitrogen and oxygen atoms in total. The second-order valence-corrected chi connectivity index (χ2v) is 10.7. The fraction of sp³-hybridized carbons (Fsp3) is 0.231. The monoisotopic (exact) mass is 548 g/mol. The molecule has 0 aliphatic carbocycles. The molecule has 3 rings (SSSR count). The molecule has 3 aromatic carbocycles. The van der Waals surface area contributed by atoms with Crippen LogP contribution < -0.4 is 5.32 Å². The third-order valence-electron chi connectivity index (χ3n) is 5.18. The first-order valence-electron chi connectivity index (χ1n) is 11.3. The predicted molar refractivity (Wildman–Crippen MR) is 141 cm³/mol. The van der Waals surface area contributed by atoms with Crippen molar-refractivity contribution in [2.24, 2.45) is 0 Å². The van der Waals surface area contributed by atoms with E-state index in [2.05, 4.69) is 5.32 Å². The first kappa shape index (κ1) is 27.7. The number of esters is 1. The molecular formula is C26H26Cl2N2O5S. The summed E-state index contributed by atoms with van der Waals surface area (Å²) in [5.74, 6) is -0.990. The number of anilines is 1. The van der Waals surface area contributed by atoms with Gasteiger partial charge in [-0.15, -0.1) is 0 Å². The number of nitrogens with one attached hydrogen (secondary N) is 1. The molecule has 3 aromatic rings. The van der Waals surface area contributed by atoms with Crippen LogP contribution in [0, 0.1) is 0 Å². The summed E-state index contributed by atoms with van der Waals surface area (Å²) in [6.07, 6.45) is 1.70. The summed E-state index contributed by atoms with van der Waals surface area (Å²) in [7, 11) is -4.00. The lowest BCUT2D eigenvalue weighted by molar-refractivity contribution is -0.116. The molecule has 190 valence electrons. The minimum absolute atomic E-state index is 0.0591. The Morgan fingerprint density at radius 3 is 2.28 bits per heavy atom. The zero-order valence-corrected chi connectivity index (χ0v) is 21.9. The van der Waals surface area contributed by atoms with E-state index in [1.807, 2.05) is 6.92 Å². The van der Waals surface area contributed by atoms with Crippen LogP contribution in [-0.2, 0) is 26.1 Å².